The Morgan fingerprint density at radius 3 is 2.83 bits per heavy atom. The van der Waals surface area contributed by atoms with Gasteiger partial charge in [0.05, 0.1) is 17.4 Å². The molecule has 0 aliphatic carbocycles. The lowest BCUT2D eigenvalue weighted by atomic mass is 10.3. The second kappa shape index (κ2) is 4.47. The number of hydrogen-bond donors (Lipinski definition) is 1. The summed E-state index contributed by atoms with van der Waals surface area (Å²) in [5.41, 5.74) is 1.16. The van der Waals surface area contributed by atoms with Gasteiger partial charge in [0.15, 0.2) is 10.7 Å². The van der Waals surface area contributed by atoms with Crippen molar-refractivity contribution in [1.82, 2.24) is 15.0 Å². The summed E-state index contributed by atoms with van der Waals surface area (Å²) in [5, 5.41) is 1.03. The molecule has 0 atom stereocenters. The van der Waals surface area contributed by atoms with Crippen LogP contribution in [-0.4, -0.2) is 15.0 Å². The topological polar surface area (TPSA) is 71.8 Å². The highest BCUT2D eigenvalue weighted by molar-refractivity contribution is 7.99. The van der Waals surface area contributed by atoms with Crippen LogP contribution in [0.5, 0.6) is 0 Å². The van der Waals surface area contributed by atoms with Gasteiger partial charge in [0.2, 0.25) is 0 Å². The molecule has 18 heavy (non-hydrogen) atoms. The summed E-state index contributed by atoms with van der Waals surface area (Å²) >= 11 is 7.04. The van der Waals surface area contributed by atoms with Crippen LogP contribution in [0.2, 0.25) is 5.02 Å². The summed E-state index contributed by atoms with van der Waals surface area (Å²) in [6.07, 6.45) is 3.05. The van der Waals surface area contributed by atoms with Gasteiger partial charge in [-0.2, -0.15) is 0 Å². The molecular weight excluding hydrogens is 274 g/mol. The van der Waals surface area contributed by atoms with Crippen LogP contribution >= 0.6 is 23.4 Å². The van der Waals surface area contributed by atoms with Gasteiger partial charge in [-0.05, 0) is 23.9 Å². The molecule has 0 aliphatic rings. The molecule has 0 unspecified atom stereocenters. The maximum absolute atomic E-state index is 11.2. The number of fused-ring (bicyclic) bond motifs is 1. The molecule has 0 bridgehead atoms. The lowest BCUT2D eigenvalue weighted by Gasteiger charge is -2.00. The molecule has 0 radical (unpaired) electrons. The van der Waals surface area contributed by atoms with Crippen molar-refractivity contribution >= 4 is 34.5 Å². The number of oxazole rings is 1. The van der Waals surface area contributed by atoms with Crippen LogP contribution in [0.1, 0.15) is 0 Å². The van der Waals surface area contributed by atoms with Gasteiger partial charge in [-0.15, -0.1) is 0 Å². The molecule has 5 nitrogen and oxygen atoms in total. The molecule has 2 heterocycles. The molecule has 1 aromatic carbocycles. The average molecular weight is 280 g/mol. The number of hydrogen-bond acceptors (Lipinski definition) is 5. The summed E-state index contributed by atoms with van der Waals surface area (Å²) in [6.45, 7) is 0. The minimum atomic E-state index is -0.477. The fourth-order valence-electron chi connectivity index (χ4n) is 1.48. The monoisotopic (exact) mass is 279 g/mol. The lowest BCUT2D eigenvalue weighted by molar-refractivity contribution is 0.555. The van der Waals surface area contributed by atoms with Gasteiger partial charge in [-0.1, -0.05) is 17.7 Å². The van der Waals surface area contributed by atoms with Gasteiger partial charge >= 0.3 is 5.76 Å². The van der Waals surface area contributed by atoms with E-state index in [4.69, 9.17) is 16.0 Å². The Kier molecular flexibility index (Phi) is 2.81. The van der Waals surface area contributed by atoms with E-state index in [-0.39, 0.29) is 0 Å². The molecule has 2 aromatic heterocycles. The SMILES string of the molecule is O=c1[nH]c2c(Sc3ncc(Cl)cn3)cccc2o1. The Balaban J connectivity index is 2.04. The van der Waals surface area contributed by atoms with Crippen molar-refractivity contribution in [2.45, 2.75) is 10.1 Å². The summed E-state index contributed by atoms with van der Waals surface area (Å²) in [4.78, 5) is 22.8. The van der Waals surface area contributed by atoms with E-state index in [9.17, 15) is 4.79 Å². The predicted octanol–water partition coefficient (Wildman–Crippen LogP) is 2.72. The van der Waals surface area contributed by atoms with E-state index >= 15 is 0 Å². The largest absolute Gasteiger partial charge is 0.417 e. The zero-order chi connectivity index (χ0) is 12.5. The smallest absolute Gasteiger partial charge is 0.408 e. The maximum Gasteiger partial charge on any atom is 0.417 e. The fraction of sp³-hybridized carbons (Fsp3) is 0. The third kappa shape index (κ3) is 2.12. The van der Waals surface area contributed by atoms with E-state index < -0.39 is 5.76 Å². The highest BCUT2D eigenvalue weighted by Gasteiger charge is 2.08. The number of nitrogens with one attached hydrogen (secondary N) is 1. The van der Waals surface area contributed by atoms with E-state index in [1.165, 1.54) is 24.2 Å². The Morgan fingerprint density at radius 1 is 1.28 bits per heavy atom. The Morgan fingerprint density at radius 2 is 2.06 bits per heavy atom. The predicted molar refractivity (Wildman–Crippen MR) is 68.0 cm³/mol. The van der Waals surface area contributed by atoms with E-state index in [2.05, 4.69) is 15.0 Å². The first-order valence-corrected chi connectivity index (χ1v) is 6.19. The molecule has 7 heteroatoms. The van der Waals surface area contributed by atoms with Gasteiger partial charge < -0.3 is 4.42 Å². The van der Waals surface area contributed by atoms with Crippen LogP contribution in [0.25, 0.3) is 11.1 Å². The number of halogens is 1. The van der Waals surface area contributed by atoms with E-state index in [0.717, 1.165) is 4.90 Å². The number of benzene rings is 1. The number of aromatic amines is 1. The summed E-state index contributed by atoms with van der Waals surface area (Å²) in [6, 6.07) is 5.38. The molecule has 0 amide bonds. The average Bonchev–Trinajstić information content (AvgIpc) is 2.73. The van der Waals surface area contributed by atoms with Crippen molar-refractivity contribution in [1.29, 1.82) is 0 Å². The van der Waals surface area contributed by atoms with Crippen LogP contribution in [0.15, 0.2) is 49.9 Å². The van der Waals surface area contributed by atoms with E-state index in [0.29, 0.717) is 21.3 Å². The van der Waals surface area contributed by atoms with Gasteiger partial charge in [0.1, 0.15) is 5.52 Å². The first-order chi connectivity index (χ1) is 8.72. The second-order valence-electron chi connectivity index (χ2n) is 3.43. The molecule has 0 spiro atoms. The Labute approximate surface area is 110 Å². The summed E-state index contributed by atoms with van der Waals surface area (Å²) in [7, 11) is 0. The van der Waals surface area contributed by atoms with Crippen molar-refractivity contribution in [2.75, 3.05) is 0 Å². The molecular formula is C11H6ClN3O2S. The zero-order valence-electron chi connectivity index (χ0n) is 8.88. The van der Waals surface area contributed by atoms with Crippen molar-refractivity contribution in [2.24, 2.45) is 0 Å². The quantitative estimate of drug-likeness (QED) is 0.730. The number of nitrogens with zero attached hydrogens (tertiary/aromatic N) is 2. The van der Waals surface area contributed by atoms with E-state index in [1.807, 2.05) is 6.07 Å². The molecule has 0 saturated carbocycles. The minimum absolute atomic E-state index is 0.477. The normalized spacial score (nSPS) is 10.9. The fourth-order valence-corrected chi connectivity index (χ4v) is 2.39. The summed E-state index contributed by atoms with van der Waals surface area (Å²) in [5.74, 6) is -0.477. The first-order valence-electron chi connectivity index (χ1n) is 4.99. The second-order valence-corrected chi connectivity index (χ2v) is 4.88. The van der Waals surface area contributed by atoms with Crippen molar-refractivity contribution < 1.29 is 4.42 Å². The Hall–Kier alpha value is -1.79. The van der Waals surface area contributed by atoms with Gasteiger partial charge in [-0.25, -0.2) is 14.8 Å². The van der Waals surface area contributed by atoms with Gasteiger partial charge in [0.25, 0.3) is 0 Å². The number of rotatable bonds is 2. The van der Waals surface area contributed by atoms with Crippen LogP contribution < -0.4 is 5.76 Å². The van der Waals surface area contributed by atoms with Crippen LogP contribution in [0.4, 0.5) is 0 Å². The Bertz CT molecular complexity index is 751. The van der Waals surface area contributed by atoms with Crippen LogP contribution in [-0.2, 0) is 0 Å². The summed E-state index contributed by atoms with van der Waals surface area (Å²) < 4.78 is 4.98. The standard InChI is InChI=1S/C11H6ClN3O2S/c12-6-4-13-10(14-5-6)18-8-3-1-2-7-9(8)15-11(16)17-7/h1-5H,(H,15,16). The molecule has 0 saturated heterocycles. The van der Waals surface area contributed by atoms with Crippen LogP contribution in [0.3, 0.4) is 0 Å². The number of para-hydroxylation sites is 1. The van der Waals surface area contributed by atoms with Crippen molar-refractivity contribution in [3.63, 3.8) is 0 Å². The molecule has 90 valence electrons. The molecule has 1 N–H and O–H groups in total. The van der Waals surface area contributed by atoms with Crippen LogP contribution in [0, 0.1) is 0 Å². The number of aromatic nitrogens is 3. The molecule has 0 fully saturated rings. The minimum Gasteiger partial charge on any atom is -0.408 e. The molecule has 3 rings (SSSR count). The van der Waals surface area contributed by atoms with Crippen molar-refractivity contribution in [3.05, 3.63) is 46.2 Å². The number of H-pyrrole nitrogens is 1. The maximum atomic E-state index is 11.2. The van der Waals surface area contributed by atoms with Gasteiger partial charge in [0, 0.05) is 4.90 Å². The zero-order valence-corrected chi connectivity index (χ0v) is 10.5. The van der Waals surface area contributed by atoms with E-state index in [1.54, 1.807) is 12.1 Å². The first kappa shape index (κ1) is 11.3. The molecule has 3 aromatic rings. The third-order valence-electron chi connectivity index (χ3n) is 2.22. The lowest BCUT2D eigenvalue weighted by Crippen LogP contribution is -1.93. The van der Waals surface area contributed by atoms with Gasteiger partial charge in [-0.3, -0.25) is 4.98 Å². The molecule has 0 aliphatic heterocycles. The third-order valence-corrected chi connectivity index (χ3v) is 3.36. The van der Waals surface area contributed by atoms with Crippen molar-refractivity contribution in [3.8, 4) is 0 Å². The highest BCUT2D eigenvalue weighted by atomic mass is 35.5. The highest BCUT2D eigenvalue weighted by Crippen LogP contribution is 2.29.